The average molecular weight is 451 g/mol. The van der Waals surface area contributed by atoms with Gasteiger partial charge in [-0.1, -0.05) is 0 Å². The number of hydrogen-bond donors (Lipinski definition) is 0. The Labute approximate surface area is 181 Å². The van der Waals surface area contributed by atoms with Crippen molar-refractivity contribution in [3.63, 3.8) is 0 Å². The van der Waals surface area contributed by atoms with E-state index in [-0.39, 0.29) is 24.5 Å². The first-order valence-electron chi connectivity index (χ1n) is 9.58. The van der Waals surface area contributed by atoms with Gasteiger partial charge in [-0.05, 0) is 62.7 Å². The van der Waals surface area contributed by atoms with Crippen LogP contribution in [0.1, 0.15) is 36.8 Å². The molecule has 8 nitrogen and oxygen atoms in total. The predicted molar refractivity (Wildman–Crippen MR) is 106 cm³/mol. The molecule has 0 radical (unpaired) electrons. The number of benzene rings is 1. The Balaban J connectivity index is 1.84. The zero-order valence-corrected chi connectivity index (χ0v) is 17.5. The van der Waals surface area contributed by atoms with Gasteiger partial charge in [0.05, 0.1) is 12.3 Å². The predicted octanol–water partition coefficient (Wildman–Crippen LogP) is 3.90. The molecule has 0 spiro atoms. The third kappa shape index (κ3) is 4.66. The summed E-state index contributed by atoms with van der Waals surface area (Å²) in [5.74, 6) is -1.63. The Morgan fingerprint density at radius 3 is 2.38 bits per heavy atom. The summed E-state index contributed by atoms with van der Waals surface area (Å²) in [5.41, 5.74) is -0.525. The van der Waals surface area contributed by atoms with Crippen molar-refractivity contribution in [2.24, 2.45) is 0 Å². The molecule has 2 heterocycles. The molecule has 3 rings (SSSR count). The second kappa shape index (κ2) is 8.48. The summed E-state index contributed by atoms with van der Waals surface area (Å²) in [6.45, 7) is 4.95. The van der Waals surface area contributed by atoms with Gasteiger partial charge in [-0.3, -0.25) is 4.79 Å². The summed E-state index contributed by atoms with van der Waals surface area (Å²) in [6.07, 6.45) is -3.46. The normalized spacial score (nSPS) is 15.8. The fourth-order valence-electron chi connectivity index (χ4n) is 3.20. The molecule has 1 fully saturated rings. The molecule has 0 bridgehead atoms. The number of urea groups is 1. The maximum atomic E-state index is 13.1. The quantitative estimate of drug-likeness (QED) is 0.489. The van der Waals surface area contributed by atoms with Crippen LogP contribution in [-0.2, 0) is 16.1 Å². The van der Waals surface area contributed by atoms with Crippen molar-refractivity contribution in [2.45, 2.75) is 39.2 Å². The molecule has 11 heteroatoms. The summed E-state index contributed by atoms with van der Waals surface area (Å²) in [7, 11) is 0. The lowest BCUT2D eigenvalue weighted by atomic mass is 10.0. The van der Waals surface area contributed by atoms with Gasteiger partial charge in [0.15, 0.2) is 0 Å². The van der Waals surface area contributed by atoms with E-state index in [4.69, 9.17) is 4.74 Å². The molecule has 1 saturated heterocycles. The van der Waals surface area contributed by atoms with Gasteiger partial charge in [-0.2, -0.15) is 0 Å². The number of esters is 1. The number of hydrogen-bond acceptors (Lipinski definition) is 6. The molecular weight excluding hydrogens is 431 g/mol. The summed E-state index contributed by atoms with van der Waals surface area (Å²) in [6, 6.07) is 6.85. The average Bonchev–Trinajstić information content (AvgIpc) is 2.88. The van der Waals surface area contributed by atoms with Gasteiger partial charge in [0.2, 0.25) is 0 Å². The number of carbonyl (C=O) groups is 3. The first kappa shape index (κ1) is 23.0. The number of halogens is 3. The molecule has 0 atom stereocenters. The Kier molecular flexibility index (Phi) is 6.11. The summed E-state index contributed by atoms with van der Waals surface area (Å²) in [5, 5.41) is 0. The molecule has 32 heavy (non-hydrogen) atoms. The van der Waals surface area contributed by atoms with Crippen LogP contribution in [0.4, 0.5) is 23.7 Å². The highest BCUT2D eigenvalue weighted by atomic mass is 19.4. The number of anilines is 1. The van der Waals surface area contributed by atoms with Gasteiger partial charge >= 0.3 is 18.4 Å². The monoisotopic (exact) mass is 451 g/mol. The Bertz CT molecular complexity index is 1040. The highest BCUT2D eigenvalue weighted by molar-refractivity contribution is 6.22. The lowest BCUT2D eigenvalue weighted by Gasteiger charge is -2.27. The zero-order valence-electron chi connectivity index (χ0n) is 17.5. The molecule has 0 unspecified atom stereocenters. The van der Waals surface area contributed by atoms with Crippen LogP contribution >= 0.6 is 0 Å². The molecule has 1 aliphatic rings. The van der Waals surface area contributed by atoms with Crippen molar-refractivity contribution < 1.29 is 37.0 Å². The van der Waals surface area contributed by atoms with Gasteiger partial charge in [0.1, 0.15) is 17.0 Å². The van der Waals surface area contributed by atoms with E-state index in [0.717, 1.165) is 17.0 Å². The fraction of sp³-hybridized carbons (Fsp3) is 0.333. The van der Waals surface area contributed by atoms with Crippen LogP contribution in [0.3, 0.4) is 0 Å². The van der Waals surface area contributed by atoms with Crippen molar-refractivity contribution in [1.29, 1.82) is 0 Å². The van der Waals surface area contributed by atoms with E-state index < -0.39 is 35.6 Å². The Morgan fingerprint density at radius 2 is 1.78 bits per heavy atom. The van der Waals surface area contributed by atoms with E-state index >= 15 is 0 Å². The van der Waals surface area contributed by atoms with Gasteiger partial charge < -0.3 is 14.4 Å². The van der Waals surface area contributed by atoms with Gasteiger partial charge in [-0.15, -0.1) is 13.2 Å². The topological polar surface area (TPSA) is 89.0 Å². The highest BCUT2D eigenvalue weighted by Gasteiger charge is 2.51. The molecule has 0 saturated carbocycles. The zero-order chi connectivity index (χ0) is 23.7. The summed E-state index contributed by atoms with van der Waals surface area (Å²) < 4.78 is 45.8. The molecule has 170 valence electrons. The van der Waals surface area contributed by atoms with E-state index in [0.29, 0.717) is 5.56 Å². The third-order valence-electron chi connectivity index (χ3n) is 4.80. The van der Waals surface area contributed by atoms with E-state index in [9.17, 15) is 27.6 Å². The minimum atomic E-state index is -4.85. The number of ether oxygens (including phenoxy) is 2. The third-order valence-corrected chi connectivity index (χ3v) is 4.80. The standard InChI is InChI=1S/C21H20F3N3O5/c1-4-31-17(28)16-11-13(9-10-25-16)12-26-19(30)27(18(29)20(26,2)3)14-5-7-15(8-6-14)32-21(22,23)24/h5-11H,4,12H2,1-3H3. The van der Waals surface area contributed by atoms with Crippen LogP contribution in [-0.4, -0.2) is 46.3 Å². The number of alkyl halides is 3. The Morgan fingerprint density at radius 1 is 1.12 bits per heavy atom. The molecule has 1 aromatic carbocycles. The van der Waals surface area contributed by atoms with Crippen molar-refractivity contribution in [1.82, 2.24) is 9.88 Å². The summed E-state index contributed by atoms with van der Waals surface area (Å²) >= 11 is 0. The molecule has 1 aliphatic heterocycles. The lowest BCUT2D eigenvalue weighted by molar-refractivity contribution is -0.274. The van der Waals surface area contributed by atoms with Gasteiger partial charge in [0.25, 0.3) is 5.91 Å². The van der Waals surface area contributed by atoms with Gasteiger partial charge in [0, 0.05) is 12.7 Å². The first-order valence-corrected chi connectivity index (χ1v) is 9.58. The number of rotatable bonds is 6. The first-order chi connectivity index (χ1) is 14.9. The number of aromatic nitrogens is 1. The molecule has 3 amide bonds. The molecular formula is C21H20F3N3O5. The SMILES string of the molecule is CCOC(=O)c1cc(CN2C(=O)N(c3ccc(OC(F)(F)F)cc3)C(=O)C2(C)C)ccn1. The second-order valence-corrected chi connectivity index (χ2v) is 7.38. The number of pyridine rings is 1. The van der Waals surface area contributed by atoms with Crippen LogP contribution in [0.5, 0.6) is 5.75 Å². The van der Waals surface area contributed by atoms with Crippen LogP contribution in [0.2, 0.25) is 0 Å². The van der Waals surface area contributed by atoms with Crippen molar-refractivity contribution in [3.8, 4) is 5.75 Å². The van der Waals surface area contributed by atoms with E-state index in [1.807, 2.05) is 0 Å². The highest BCUT2D eigenvalue weighted by Crippen LogP contribution is 2.34. The number of amides is 3. The summed E-state index contributed by atoms with van der Waals surface area (Å²) in [4.78, 5) is 44.1. The fourth-order valence-corrected chi connectivity index (χ4v) is 3.20. The van der Waals surface area contributed by atoms with Crippen molar-refractivity contribution in [3.05, 3.63) is 53.9 Å². The minimum Gasteiger partial charge on any atom is -0.461 e. The molecule has 0 aliphatic carbocycles. The maximum Gasteiger partial charge on any atom is 0.573 e. The van der Waals surface area contributed by atoms with Crippen LogP contribution in [0.25, 0.3) is 0 Å². The second-order valence-electron chi connectivity index (χ2n) is 7.38. The van der Waals surface area contributed by atoms with Gasteiger partial charge in [-0.25, -0.2) is 19.5 Å². The van der Waals surface area contributed by atoms with Crippen molar-refractivity contribution >= 4 is 23.6 Å². The molecule has 1 aromatic heterocycles. The van der Waals surface area contributed by atoms with Crippen LogP contribution in [0, 0.1) is 0 Å². The number of carbonyl (C=O) groups excluding carboxylic acids is 3. The van der Waals surface area contributed by atoms with Crippen LogP contribution < -0.4 is 9.64 Å². The van der Waals surface area contributed by atoms with E-state index in [1.165, 1.54) is 29.3 Å². The number of nitrogens with zero attached hydrogens (tertiary/aromatic N) is 3. The smallest absolute Gasteiger partial charge is 0.461 e. The van der Waals surface area contributed by atoms with Crippen LogP contribution in [0.15, 0.2) is 42.6 Å². The Hall–Kier alpha value is -3.63. The maximum absolute atomic E-state index is 13.1. The molecule has 2 aromatic rings. The van der Waals surface area contributed by atoms with E-state index in [1.54, 1.807) is 26.8 Å². The molecule has 0 N–H and O–H groups in total. The lowest BCUT2D eigenvalue weighted by Crippen LogP contribution is -2.43. The van der Waals surface area contributed by atoms with E-state index in [2.05, 4.69) is 9.72 Å². The number of imide groups is 1. The largest absolute Gasteiger partial charge is 0.573 e. The van der Waals surface area contributed by atoms with Crippen molar-refractivity contribution in [2.75, 3.05) is 11.5 Å². The minimum absolute atomic E-state index is 0.00172.